The normalized spacial score (nSPS) is 12.3. The van der Waals surface area contributed by atoms with Gasteiger partial charge in [0, 0.05) is 6.20 Å². The molecule has 0 radical (unpaired) electrons. The van der Waals surface area contributed by atoms with Gasteiger partial charge >= 0.3 is 0 Å². The molecule has 0 aliphatic heterocycles. The molecule has 3 rings (SSSR count). The molecule has 0 spiro atoms. The average molecular weight is 282 g/mol. The number of aromatic nitrogens is 3. The molecule has 0 bridgehead atoms. The van der Waals surface area contributed by atoms with Crippen LogP contribution in [0.25, 0.3) is 5.65 Å². The van der Waals surface area contributed by atoms with Gasteiger partial charge in [0.25, 0.3) is 0 Å². The predicted molar refractivity (Wildman–Crippen MR) is 82.8 cm³/mol. The molecule has 0 aliphatic carbocycles. The lowest BCUT2D eigenvalue weighted by Crippen LogP contribution is -2.07. The van der Waals surface area contributed by atoms with Crippen LogP contribution in [0.3, 0.4) is 0 Å². The van der Waals surface area contributed by atoms with Crippen molar-refractivity contribution < 1.29 is 4.74 Å². The summed E-state index contributed by atoms with van der Waals surface area (Å²) in [5, 5.41) is 7.76. The standard InChI is InChI=1S/C16H18N4O/c1-11-4-9-15-18-16(19-20(15)10-11)17-12(2)13-5-7-14(21-3)8-6-13/h4-10,12H,1-3H3,(H,17,19). The second-order valence-electron chi connectivity index (χ2n) is 5.08. The number of hydrogen-bond donors (Lipinski definition) is 1. The van der Waals surface area contributed by atoms with Crippen LogP contribution in [0.5, 0.6) is 5.75 Å². The highest BCUT2D eigenvalue weighted by Gasteiger charge is 2.09. The van der Waals surface area contributed by atoms with E-state index in [0.29, 0.717) is 5.95 Å². The zero-order valence-corrected chi connectivity index (χ0v) is 12.4. The first kappa shape index (κ1) is 13.4. The zero-order valence-electron chi connectivity index (χ0n) is 12.4. The quantitative estimate of drug-likeness (QED) is 0.798. The number of methoxy groups -OCH3 is 1. The van der Waals surface area contributed by atoms with Crippen molar-refractivity contribution in [3.63, 3.8) is 0 Å². The summed E-state index contributed by atoms with van der Waals surface area (Å²) in [6.07, 6.45) is 1.96. The van der Waals surface area contributed by atoms with Crippen LogP contribution in [-0.4, -0.2) is 21.7 Å². The summed E-state index contributed by atoms with van der Waals surface area (Å²) in [5.41, 5.74) is 3.15. The number of fused-ring (bicyclic) bond motifs is 1. The van der Waals surface area contributed by atoms with Crippen LogP contribution < -0.4 is 10.1 Å². The maximum Gasteiger partial charge on any atom is 0.243 e. The lowest BCUT2D eigenvalue weighted by Gasteiger charge is -2.12. The van der Waals surface area contributed by atoms with E-state index in [-0.39, 0.29) is 6.04 Å². The summed E-state index contributed by atoms with van der Waals surface area (Å²) in [4.78, 5) is 4.47. The first-order valence-corrected chi connectivity index (χ1v) is 6.89. The second-order valence-corrected chi connectivity index (χ2v) is 5.08. The van der Waals surface area contributed by atoms with E-state index in [1.54, 1.807) is 11.6 Å². The summed E-state index contributed by atoms with van der Waals surface area (Å²) in [7, 11) is 1.67. The van der Waals surface area contributed by atoms with Gasteiger partial charge in [-0.15, -0.1) is 5.10 Å². The van der Waals surface area contributed by atoms with Crippen LogP contribution in [0, 0.1) is 6.92 Å². The van der Waals surface area contributed by atoms with Crippen molar-refractivity contribution in [2.45, 2.75) is 19.9 Å². The molecule has 5 nitrogen and oxygen atoms in total. The van der Waals surface area contributed by atoms with Crippen LogP contribution in [0.4, 0.5) is 5.95 Å². The van der Waals surface area contributed by atoms with Gasteiger partial charge in [-0.05, 0) is 43.2 Å². The van der Waals surface area contributed by atoms with Crippen LogP contribution >= 0.6 is 0 Å². The molecule has 1 unspecified atom stereocenters. The fourth-order valence-electron chi connectivity index (χ4n) is 2.22. The number of aryl methyl sites for hydroxylation is 1. The van der Waals surface area contributed by atoms with Gasteiger partial charge in [-0.3, -0.25) is 0 Å². The minimum atomic E-state index is 0.120. The fourth-order valence-corrected chi connectivity index (χ4v) is 2.22. The largest absolute Gasteiger partial charge is 0.497 e. The average Bonchev–Trinajstić information content (AvgIpc) is 2.88. The van der Waals surface area contributed by atoms with E-state index in [4.69, 9.17) is 4.74 Å². The Bertz CT molecular complexity index is 749. The Morgan fingerprint density at radius 3 is 2.62 bits per heavy atom. The molecule has 3 aromatic rings. The van der Waals surface area contributed by atoms with Gasteiger partial charge in [-0.1, -0.05) is 18.2 Å². The number of rotatable bonds is 4. The molecular weight excluding hydrogens is 264 g/mol. The molecule has 1 aromatic carbocycles. The van der Waals surface area contributed by atoms with Crippen molar-refractivity contribution >= 4 is 11.6 Å². The summed E-state index contributed by atoms with van der Waals surface area (Å²) < 4.78 is 6.96. The molecule has 2 aromatic heterocycles. The van der Waals surface area contributed by atoms with Crippen molar-refractivity contribution in [3.8, 4) is 5.75 Å². The lowest BCUT2D eigenvalue weighted by molar-refractivity contribution is 0.414. The van der Waals surface area contributed by atoms with Crippen molar-refractivity contribution in [3.05, 3.63) is 53.7 Å². The first-order chi connectivity index (χ1) is 10.2. The third-order valence-corrected chi connectivity index (χ3v) is 3.44. The Kier molecular flexibility index (Phi) is 3.48. The summed E-state index contributed by atoms with van der Waals surface area (Å²) >= 11 is 0. The van der Waals surface area contributed by atoms with Crippen LogP contribution in [0.2, 0.25) is 0 Å². The Morgan fingerprint density at radius 1 is 1.14 bits per heavy atom. The van der Waals surface area contributed by atoms with E-state index < -0.39 is 0 Å². The predicted octanol–water partition coefficient (Wildman–Crippen LogP) is 3.22. The molecule has 0 fully saturated rings. The molecular formula is C16H18N4O. The van der Waals surface area contributed by atoms with Gasteiger partial charge in [0.1, 0.15) is 5.75 Å². The molecule has 0 amide bonds. The fraction of sp³-hybridized carbons (Fsp3) is 0.250. The third-order valence-electron chi connectivity index (χ3n) is 3.44. The number of pyridine rings is 1. The number of ether oxygens (including phenoxy) is 1. The van der Waals surface area contributed by atoms with Gasteiger partial charge in [0.2, 0.25) is 5.95 Å². The number of hydrogen-bond acceptors (Lipinski definition) is 4. The molecule has 1 N–H and O–H groups in total. The second kappa shape index (κ2) is 5.44. The van der Waals surface area contributed by atoms with Crippen LogP contribution in [0.15, 0.2) is 42.6 Å². The van der Waals surface area contributed by atoms with Gasteiger partial charge in [-0.25, -0.2) is 4.52 Å². The number of anilines is 1. The molecule has 0 saturated heterocycles. The van der Waals surface area contributed by atoms with Gasteiger partial charge < -0.3 is 10.1 Å². The highest BCUT2D eigenvalue weighted by Crippen LogP contribution is 2.20. The minimum absolute atomic E-state index is 0.120. The highest BCUT2D eigenvalue weighted by molar-refractivity contribution is 5.45. The Morgan fingerprint density at radius 2 is 1.90 bits per heavy atom. The van der Waals surface area contributed by atoms with E-state index in [0.717, 1.165) is 22.5 Å². The number of nitrogens with zero attached hydrogens (tertiary/aromatic N) is 3. The Hall–Kier alpha value is -2.56. The van der Waals surface area contributed by atoms with Crippen LogP contribution in [0.1, 0.15) is 24.1 Å². The van der Waals surface area contributed by atoms with E-state index in [1.165, 1.54) is 0 Å². The minimum Gasteiger partial charge on any atom is -0.497 e. The van der Waals surface area contributed by atoms with E-state index in [9.17, 15) is 0 Å². The molecule has 2 heterocycles. The van der Waals surface area contributed by atoms with E-state index in [2.05, 4.69) is 22.3 Å². The highest BCUT2D eigenvalue weighted by atomic mass is 16.5. The first-order valence-electron chi connectivity index (χ1n) is 6.89. The molecule has 1 atom stereocenters. The molecule has 5 heteroatoms. The van der Waals surface area contributed by atoms with Crippen molar-refractivity contribution in [2.24, 2.45) is 0 Å². The summed E-state index contributed by atoms with van der Waals surface area (Å²) in [6, 6.07) is 12.1. The number of benzene rings is 1. The molecule has 108 valence electrons. The monoisotopic (exact) mass is 282 g/mol. The van der Waals surface area contributed by atoms with Gasteiger partial charge in [-0.2, -0.15) is 4.98 Å². The summed E-state index contributed by atoms with van der Waals surface area (Å²) in [5.74, 6) is 1.48. The van der Waals surface area contributed by atoms with Crippen molar-refractivity contribution in [1.82, 2.24) is 14.6 Å². The lowest BCUT2D eigenvalue weighted by atomic mass is 10.1. The maximum absolute atomic E-state index is 5.17. The third kappa shape index (κ3) is 2.81. The molecule has 21 heavy (non-hydrogen) atoms. The Labute approximate surface area is 123 Å². The Balaban J connectivity index is 1.79. The van der Waals surface area contributed by atoms with Crippen molar-refractivity contribution in [2.75, 3.05) is 12.4 Å². The van der Waals surface area contributed by atoms with Gasteiger partial charge in [0.05, 0.1) is 13.2 Å². The molecule has 0 saturated carbocycles. The topological polar surface area (TPSA) is 51.5 Å². The maximum atomic E-state index is 5.17. The SMILES string of the molecule is COc1ccc(C(C)Nc2nc3ccc(C)cn3n2)cc1. The smallest absolute Gasteiger partial charge is 0.243 e. The van der Waals surface area contributed by atoms with Crippen LogP contribution in [-0.2, 0) is 0 Å². The van der Waals surface area contributed by atoms with E-state index >= 15 is 0 Å². The summed E-state index contributed by atoms with van der Waals surface area (Å²) in [6.45, 7) is 4.12. The van der Waals surface area contributed by atoms with Crippen molar-refractivity contribution in [1.29, 1.82) is 0 Å². The zero-order chi connectivity index (χ0) is 14.8. The van der Waals surface area contributed by atoms with Gasteiger partial charge in [0.15, 0.2) is 5.65 Å². The van der Waals surface area contributed by atoms with E-state index in [1.807, 2.05) is 49.5 Å². The molecule has 0 aliphatic rings. The number of nitrogens with one attached hydrogen (secondary N) is 1.